The second kappa shape index (κ2) is 5.29. The Bertz CT molecular complexity index is 636. The van der Waals surface area contributed by atoms with Gasteiger partial charge in [0.1, 0.15) is 17.4 Å². The Labute approximate surface area is 124 Å². The zero-order chi connectivity index (χ0) is 14.9. The number of aromatic nitrogens is 2. The molecule has 0 radical (unpaired) electrons. The van der Waals surface area contributed by atoms with Crippen LogP contribution in [-0.2, 0) is 5.41 Å². The van der Waals surface area contributed by atoms with E-state index in [1.807, 2.05) is 39.8 Å². The molecule has 0 aliphatic rings. The van der Waals surface area contributed by atoms with E-state index in [-0.39, 0.29) is 5.41 Å². The highest BCUT2D eigenvalue weighted by atomic mass is 35.5. The summed E-state index contributed by atoms with van der Waals surface area (Å²) in [5, 5.41) is 0.532. The van der Waals surface area contributed by atoms with Crippen LogP contribution >= 0.6 is 11.6 Å². The van der Waals surface area contributed by atoms with Crippen molar-refractivity contribution in [3.05, 3.63) is 40.7 Å². The molecule has 0 aliphatic heterocycles. The van der Waals surface area contributed by atoms with Gasteiger partial charge in [0.05, 0.1) is 5.02 Å². The second-order valence-electron chi connectivity index (χ2n) is 5.74. The van der Waals surface area contributed by atoms with Gasteiger partial charge < -0.3 is 10.5 Å². The maximum atomic E-state index is 6.12. The lowest BCUT2D eigenvalue weighted by Gasteiger charge is -2.18. The zero-order valence-corrected chi connectivity index (χ0v) is 12.8. The Kier molecular flexibility index (Phi) is 3.86. The van der Waals surface area contributed by atoms with Crippen molar-refractivity contribution in [2.45, 2.75) is 33.1 Å². The van der Waals surface area contributed by atoms with Crippen LogP contribution in [-0.4, -0.2) is 9.97 Å². The van der Waals surface area contributed by atoms with Gasteiger partial charge in [-0.3, -0.25) is 0 Å². The third kappa shape index (κ3) is 3.39. The normalized spacial score (nSPS) is 11.4. The smallest absolute Gasteiger partial charge is 0.224 e. The predicted octanol–water partition coefficient (Wildman–Crippen LogP) is 4.11. The van der Waals surface area contributed by atoms with Crippen molar-refractivity contribution in [1.82, 2.24) is 9.97 Å². The van der Waals surface area contributed by atoms with E-state index in [1.54, 1.807) is 12.1 Å². The first kappa shape index (κ1) is 14.6. The number of nitrogens with zero attached hydrogens (tertiary/aromatic N) is 2. The van der Waals surface area contributed by atoms with E-state index in [0.717, 1.165) is 5.56 Å². The summed E-state index contributed by atoms with van der Waals surface area (Å²) in [6, 6.07) is 7.16. The third-order valence-electron chi connectivity index (χ3n) is 2.69. The van der Waals surface area contributed by atoms with Crippen molar-refractivity contribution < 1.29 is 4.74 Å². The molecule has 2 N–H and O–H groups in total. The highest BCUT2D eigenvalue weighted by Crippen LogP contribution is 2.31. The first-order valence-corrected chi connectivity index (χ1v) is 6.72. The van der Waals surface area contributed by atoms with Crippen molar-refractivity contribution in [3.8, 4) is 11.6 Å². The highest BCUT2D eigenvalue weighted by molar-refractivity contribution is 6.32. The summed E-state index contributed by atoms with van der Waals surface area (Å²) in [5.41, 5.74) is 6.67. The molecule has 4 nitrogen and oxygen atoms in total. The molecule has 0 aliphatic carbocycles. The van der Waals surface area contributed by atoms with Gasteiger partial charge in [-0.2, -0.15) is 4.98 Å². The Hall–Kier alpha value is -1.81. The van der Waals surface area contributed by atoms with Gasteiger partial charge in [0.2, 0.25) is 5.88 Å². The third-order valence-corrected chi connectivity index (χ3v) is 3.01. The van der Waals surface area contributed by atoms with E-state index < -0.39 is 0 Å². The van der Waals surface area contributed by atoms with Crippen LogP contribution in [0.2, 0.25) is 5.02 Å². The van der Waals surface area contributed by atoms with Crippen LogP contribution in [0.25, 0.3) is 0 Å². The van der Waals surface area contributed by atoms with E-state index in [2.05, 4.69) is 9.97 Å². The minimum Gasteiger partial charge on any atom is -0.437 e. The number of benzene rings is 1. The minimum atomic E-state index is -0.204. The highest BCUT2D eigenvalue weighted by Gasteiger charge is 2.19. The molecule has 0 spiro atoms. The van der Waals surface area contributed by atoms with Crippen molar-refractivity contribution in [1.29, 1.82) is 0 Å². The summed E-state index contributed by atoms with van der Waals surface area (Å²) in [6.07, 6.45) is 0. The van der Waals surface area contributed by atoms with Gasteiger partial charge in [-0.1, -0.05) is 38.4 Å². The van der Waals surface area contributed by atoms with Crippen LogP contribution in [0.1, 0.15) is 32.2 Å². The molecule has 20 heavy (non-hydrogen) atoms. The minimum absolute atomic E-state index is 0.204. The fourth-order valence-electron chi connectivity index (χ4n) is 1.63. The summed E-state index contributed by atoms with van der Waals surface area (Å²) < 4.78 is 5.74. The molecule has 0 bridgehead atoms. The molecule has 0 amide bonds. The molecular weight excluding hydrogens is 274 g/mol. The van der Waals surface area contributed by atoms with E-state index in [1.165, 1.54) is 0 Å². The van der Waals surface area contributed by atoms with Crippen molar-refractivity contribution in [2.75, 3.05) is 5.73 Å². The number of anilines is 1. The van der Waals surface area contributed by atoms with Crippen LogP contribution in [0.4, 0.5) is 5.82 Å². The lowest BCUT2D eigenvalue weighted by Crippen LogP contribution is -2.17. The zero-order valence-electron chi connectivity index (χ0n) is 12.1. The molecule has 1 aromatic heterocycles. The van der Waals surface area contributed by atoms with E-state index >= 15 is 0 Å². The van der Waals surface area contributed by atoms with Gasteiger partial charge in [-0.25, -0.2) is 4.98 Å². The van der Waals surface area contributed by atoms with Gasteiger partial charge in [0.25, 0.3) is 0 Å². The monoisotopic (exact) mass is 291 g/mol. The standard InChI is InChI=1S/C15H18ClN3O/c1-9-5-6-10(16)11(7-9)20-13-8-12(17)18-14(19-13)15(2,3)4/h5-8H,1-4H3,(H2,17,18,19). The average molecular weight is 292 g/mol. The number of aryl methyl sites for hydroxylation is 1. The van der Waals surface area contributed by atoms with E-state index in [0.29, 0.717) is 28.3 Å². The Morgan fingerprint density at radius 1 is 1.15 bits per heavy atom. The fraction of sp³-hybridized carbons (Fsp3) is 0.333. The number of ether oxygens (including phenoxy) is 1. The summed E-state index contributed by atoms with van der Waals surface area (Å²) in [4.78, 5) is 8.64. The molecule has 0 saturated heterocycles. The van der Waals surface area contributed by atoms with Gasteiger partial charge in [-0.05, 0) is 24.6 Å². The Morgan fingerprint density at radius 2 is 1.85 bits per heavy atom. The maximum absolute atomic E-state index is 6.12. The largest absolute Gasteiger partial charge is 0.437 e. The summed E-state index contributed by atoms with van der Waals surface area (Å²) >= 11 is 6.12. The molecule has 0 fully saturated rings. The van der Waals surface area contributed by atoms with Gasteiger partial charge in [-0.15, -0.1) is 0 Å². The summed E-state index contributed by atoms with van der Waals surface area (Å²) in [7, 11) is 0. The van der Waals surface area contributed by atoms with Crippen molar-refractivity contribution >= 4 is 17.4 Å². The van der Waals surface area contributed by atoms with E-state index in [9.17, 15) is 0 Å². The van der Waals surface area contributed by atoms with Crippen LogP contribution in [0, 0.1) is 6.92 Å². The predicted molar refractivity (Wildman–Crippen MR) is 81.4 cm³/mol. The second-order valence-corrected chi connectivity index (χ2v) is 6.15. The summed E-state index contributed by atoms with van der Waals surface area (Å²) in [6.45, 7) is 8.03. The number of nitrogens with two attached hydrogens (primary N) is 1. The first-order chi connectivity index (χ1) is 9.25. The number of halogens is 1. The number of hydrogen-bond acceptors (Lipinski definition) is 4. The SMILES string of the molecule is Cc1ccc(Cl)c(Oc2cc(N)nc(C(C)(C)C)n2)c1. The molecule has 1 aromatic carbocycles. The first-order valence-electron chi connectivity index (χ1n) is 6.35. The lowest BCUT2D eigenvalue weighted by molar-refractivity contribution is 0.446. The molecule has 0 atom stereocenters. The summed E-state index contributed by atoms with van der Waals surface area (Å²) in [5.74, 6) is 1.97. The molecule has 1 heterocycles. The Balaban J connectivity index is 2.39. The van der Waals surface area contributed by atoms with Crippen LogP contribution in [0.15, 0.2) is 24.3 Å². The van der Waals surface area contributed by atoms with E-state index in [4.69, 9.17) is 22.1 Å². The molecule has 0 unspecified atom stereocenters. The van der Waals surface area contributed by atoms with Gasteiger partial charge in [0.15, 0.2) is 0 Å². The molecule has 106 valence electrons. The van der Waals surface area contributed by atoms with Gasteiger partial charge >= 0.3 is 0 Å². The molecular formula is C15H18ClN3O. The average Bonchev–Trinajstić information content (AvgIpc) is 2.32. The number of rotatable bonds is 2. The van der Waals surface area contributed by atoms with Crippen LogP contribution in [0.5, 0.6) is 11.6 Å². The van der Waals surface area contributed by atoms with Gasteiger partial charge in [0, 0.05) is 11.5 Å². The van der Waals surface area contributed by atoms with Crippen molar-refractivity contribution in [3.63, 3.8) is 0 Å². The van der Waals surface area contributed by atoms with Crippen LogP contribution in [0.3, 0.4) is 0 Å². The maximum Gasteiger partial charge on any atom is 0.224 e. The topological polar surface area (TPSA) is 61.0 Å². The quantitative estimate of drug-likeness (QED) is 0.904. The molecule has 2 rings (SSSR count). The fourth-order valence-corrected chi connectivity index (χ4v) is 1.79. The van der Waals surface area contributed by atoms with Crippen LogP contribution < -0.4 is 10.5 Å². The molecule has 2 aromatic rings. The molecule has 5 heteroatoms. The van der Waals surface area contributed by atoms with Crippen molar-refractivity contribution in [2.24, 2.45) is 0 Å². The number of hydrogen-bond donors (Lipinski definition) is 1. The number of nitrogen functional groups attached to an aromatic ring is 1. The molecule has 0 saturated carbocycles. The Morgan fingerprint density at radius 3 is 2.50 bits per heavy atom. The lowest BCUT2D eigenvalue weighted by atomic mass is 9.96.